The van der Waals surface area contributed by atoms with Gasteiger partial charge in [0.25, 0.3) is 0 Å². The van der Waals surface area contributed by atoms with Crippen LogP contribution in [0.2, 0.25) is 0 Å². The van der Waals surface area contributed by atoms with Crippen molar-refractivity contribution in [1.29, 1.82) is 0 Å². The number of nitrogens with one attached hydrogen (secondary N) is 1. The molecule has 1 aliphatic rings. The van der Waals surface area contributed by atoms with E-state index in [2.05, 4.69) is 10.2 Å². The van der Waals surface area contributed by atoms with Crippen molar-refractivity contribution in [1.82, 2.24) is 10.2 Å². The summed E-state index contributed by atoms with van der Waals surface area (Å²) >= 11 is 0. The predicted molar refractivity (Wildman–Crippen MR) is 85.8 cm³/mol. The van der Waals surface area contributed by atoms with Gasteiger partial charge in [-0.15, -0.1) is 5.10 Å². The Morgan fingerprint density at radius 3 is 2.56 bits per heavy atom. The van der Waals surface area contributed by atoms with Crippen LogP contribution in [0.5, 0.6) is 0 Å². The molecule has 0 unspecified atom stereocenters. The Labute approximate surface area is 142 Å². The van der Waals surface area contributed by atoms with Crippen LogP contribution < -0.4 is 11.5 Å². The van der Waals surface area contributed by atoms with Crippen molar-refractivity contribution in [2.75, 3.05) is 0 Å². The number of H-pyrrole nitrogens is 1. The van der Waals surface area contributed by atoms with Gasteiger partial charge in [0.1, 0.15) is 0 Å². The van der Waals surface area contributed by atoms with Gasteiger partial charge in [-0.1, -0.05) is 0 Å². The normalized spacial score (nSPS) is 21.4. The lowest BCUT2D eigenvalue weighted by Crippen LogP contribution is -2.26. The second-order valence-electron chi connectivity index (χ2n) is 6.61. The van der Waals surface area contributed by atoms with E-state index in [0.717, 1.165) is 31.7 Å². The summed E-state index contributed by atoms with van der Waals surface area (Å²) < 4.78 is 44.7. The highest BCUT2D eigenvalue weighted by Crippen LogP contribution is 2.36. The highest BCUT2D eigenvalue weighted by Gasteiger charge is 2.33. The molecule has 136 valence electrons. The first-order valence-corrected chi connectivity index (χ1v) is 8.34. The third-order valence-electron chi connectivity index (χ3n) is 4.81. The van der Waals surface area contributed by atoms with Crippen LogP contribution in [0.25, 0.3) is 11.5 Å². The van der Waals surface area contributed by atoms with E-state index in [-0.39, 0.29) is 17.5 Å². The van der Waals surface area contributed by atoms with Crippen LogP contribution in [-0.4, -0.2) is 16.2 Å². The van der Waals surface area contributed by atoms with Gasteiger partial charge < -0.3 is 10.2 Å². The zero-order valence-electron chi connectivity index (χ0n) is 13.6. The van der Waals surface area contributed by atoms with Crippen molar-refractivity contribution < 1.29 is 17.6 Å². The number of hydrogen-bond acceptors (Lipinski definition) is 4. The molecule has 3 rings (SSSR count). The third-order valence-corrected chi connectivity index (χ3v) is 4.81. The number of aromatic amines is 1. The molecule has 0 aliphatic heterocycles. The molecule has 3 N–H and O–H groups in total. The molecule has 0 spiro atoms. The number of aromatic nitrogens is 2. The molecule has 0 atom stereocenters. The Kier molecular flexibility index (Phi) is 4.99. The van der Waals surface area contributed by atoms with Crippen LogP contribution in [0, 0.1) is 5.92 Å². The predicted octanol–water partition coefficient (Wildman–Crippen LogP) is 3.50. The molecule has 5 nitrogen and oxygen atoms in total. The molecule has 25 heavy (non-hydrogen) atoms. The van der Waals surface area contributed by atoms with Crippen molar-refractivity contribution in [3.63, 3.8) is 0 Å². The minimum absolute atomic E-state index is 0.0105. The average Bonchev–Trinajstić information content (AvgIpc) is 3.00. The molecule has 0 amide bonds. The van der Waals surface area contributed by atoms with Gasteiger partial charge in [0, 0.05) is 11.6 Å². The maximum absolute atomic E-state index is 13.3. The van der Waals surface area contributed by atoms with Crippen molar-refractivity contribution in [3.05, 3.63) is 39.9 Å². The number of halogens is 3. The van der Waals surface area contributed by atoms with Crippen LogP contribution in [0.3, 0.4) is 0 Å². The first-order chi connectivity index (χ1) is 11.8. The fraction of sp³-hybridized carbons (Fsp3) is 0.529. The summed E-state index contributed by atoms with van der Waals surface area (Å²) in [5.41, 5.74) is 5.78. The molecule has 1 aliphatic carbocycles. The van der Waals surface area contributed by atoms with E-state index in [1.165, 1.54) is 12.1 Å². The standard InChI is InChI=1S/C17H20F3N3O2/c18-17(19,20)14-8-5-12(15-22-23-16(24)25-15)9-11(14)4-1-10-2-6-13(21)7-3-10/h5,8-10,13H,1-4,6-7,21H2,(H,23,24). The molecular formula is C17H20F3N3O2. The van der Waals surface area contributed by atoms with Gasteiger partial charge in [0.05, 0.1) is 5.56 Å². The maximum atomic E-state index is 13.3. The smallest absolute Gasteiger partial charge is 0.388 e. The largest absolute Gasteiger partial charge is 0.434 e. The van der Waals surface area contributed by atoms with E-state index in [9.17, 15) is 18.0 Å². The molecule has 1 aromatic carbocycles. The number of benzene rings is 1. The molecule has 8 heteroatoms. The second-order valence-corrected chi connectivity index (χ2v) is 6.61. The number of nitrogens with two attached hydrogens (primary N) is 1. The lowest BCUT2D eigenvalue weighted by Gasteiger charge is -2.26. The molecule has 1 heterocycles. The summed E-state index contributed by atoms with van der Waals surface area (Å²) in [4.78, 5) is 11.1. The number of nitrogens with zero attached hydrogens (tertiary/aromatic N) is 1. The van der Waals surface area contributed by atoms with Crippen molar-refractivity contribution in [2.45, 2.75) is 50.7 Å². The zero-order chi connectivity index (χ0) is 18.0. The number of alkyl halides is 3. The highest BCUT2D eigenvalue weighted by atomic mass is 19.4. The first-order valence-electron chi connectivity index (χ1n) is 8.34. The van der Waals surface area contributed by atoms with Crippen LogP contribution in [0.4, 0.5) is 13.2 Å². The van der Waals surface area contributed by atoms with Gasteiger partial charge in [0.2, 0.25) is 5.89 Å². The molecule has 1 fully saturated rings. The number of aryl methyl sites for hydroxylation is 1. The number of rotatable bonds is 4. The minimum Gasteiger partial charge on any atom is -0.388 e. The van der Waals surface area contributed by atoms with E-state index in [1.807, 2.05) is 0 Å². The summed E-state index contributed by atoms with van der Waals surface area (Å²) in [5, 5.41) is 5.79. The topological polar surface area (TPSA) is 84.9 Å². The zero-order valence-corrected chi connectivity index (χ0v) is 13.6. The van der Waals surface area contributed by atoms with E-state index in [4.69, 9.17) is 10.2 Å². The monoisotopic (exact) mass is 355 g/mol. The van der Waals surface area contributed by atoms with Crippen LogP contribution >= 0.6 is 0 Å². The molecule has 1 saturated carbocycles. The van der Waals surface area contributed by atoms with Gasteiger partial charge in [-0.25, -0.2) is 9.89 Å². The third kappa shape index (κ3) is 4.31. The summed E-state index contributed by atoms with van der Waals surface area (Å²) in [6.45, 7) is 0. The van der Waals surface area contributed by atoms with E-state index < -0.39 is 17.5 Å². The molecule has 2 aromatic rings. The van der Waals surface area contributed by atoms with Gasteiger partial charge in [-0.05, 0) is 68.2 Å². The fourth-order valence-electron chi connectivity index (χ4n) is 3.40. The average molecular weight is 355 g/mol. The summed E-state index contributed by atoms with van der Waals surface area (Å²) in [6, 6.07) is 3.92. The summed E-state index contributed by atoms with van der Waals surface area (Å²) in [7, 11) is 0. The molecule has 1 aromatic heterocycles. The lowest BCUT2D eigenvalue weighted by molar-refractivity contribution is -0.138. The molecule has 0 saturated heterocycles. The van der Waals surface area contributed by atoms with Crippen molar-refractivity contribution in [3.8, 4) is 11.5 Å². The fourth-order valence-corrected chi connectivity index (χ4v) is 3.40. The van der Waals surface area contributed by atoms with Crippen LogP contribution in [0.15, 0.2) is 27.4 Å². The summed E-state index contributed by atoms with van der Waals surface area (Å²) in [5.74, 6) is -0.355. The Hall–Kier alpha value is -2.09. The van der Waals surface area contributed by atoms with Crippen LogP contribution in [0.1, 0.15) is 43.2 Å². The Balaban J connectivity index is 1.82. The highest BCUT2D eigenvalue weighted by molar-refractivity contribution is 5.55. The molecular weight excluding hydrogens is 335 g/mol. The van der Waals surface area contributed by atoms with E-state index in [1.54, 1.807) is 0 Å². The van der Waals surface area contributed by atoms with Crippen molar-refractivity contribution in [2.24, 2.45) is 11.7 Å². The number of hydrogen-bond donors (Lipinski definition) is 2. The molecule has 0 radical (unpaired) electrons. The van der Waals surface area contributed by atoms with E-state index >= 15 is 0 Å². The maximum Gasteiger partial charge on any atom is 0.434 e. The van der Waals surface area contributed by atoms with Gasteiger partial charge in [-0.3, -0.25) is 0 Å². The quantitative estimate of drug-likeness (QED) is 0.879. The minimum atomic E-state index is -4.42. The van der Waals surface area contributed by atoms with Crippen LogP contribution in [-0.2, 0) is 12.6 Å². The Morgan fingerprint density at radius 1 is 1.24 bits per heavy atom. The summed E-state index contributed by atoms with van der Waals surface area (Å²) in [6.07, 6.45) is 0.341. The first kappa shape index (κ1) is 17.7. The van der Waals surface area contributed by atoms with Gasteiger partial charge in [-0.2, -0.15) is 13.2 Å². The molecule has 0 bridgehead atoms. The van der Waals surface area contributed by atoms with E-state index in [0.29, 0.717) is 24.3 Å². The Morgan fingerprint density at radius 2 is 1.96 bits per heavy atom. The van der Waals surface area contributed by atoms with Crippen molar-refractivity contribution >= 4 is 0 Å². The second kappa shape index (κ2) is 7.03. The Bertz CT molecular complexity index is 774. The van der Waals surface area contributed by atoms with Gasteiger partial charge >= 0.3 is 11.9 Å². The SMILES string of the molecule is NC1CCC(CCc2cc(-c3n[nH]c(=O)o3)ccc2C(F)(F)F)CC1. The van der Waals surface area contributed by atoms with Gasteiger partial charge in [0.15, 0.2) is 0 Å². The lowest BCUT2D eigenvalue weighted by atomic mass is 9.82.